The van der Waals surface area contributed by atoms with Gasteiger partial charge in [0.1, 0.15) is 17.4 Å². The maximum atomic E-state index is 12.0. The van der Waals surface area contributed by atoms with E-state index in [9.17, 15) is 4.79 Å². The number of anilines is 1. The molecule has 5 heteroatoms. The molecule has 2 N–H and O–H groups in total. The number of carbonyl (C=O) groups is 1. The summed E-state index contributed by atoms with van der Waals surface area (Å²) in [7, 11) is 0. The molecule has 1 aromatic carbocycles. The van der Waals surface area contributed by atoms with Crippen molar-refractivity contribution >= 4 is 11.6 Å². The summed E-state index contributed by atoms with van der Waals surface area (Å²) in [5, 5.41) is 14.7. The number of nitriles is 1. The number of benzene rings is 1. The van der Waals surface area contributed by atoms with Crippen molar-refractivity contribution in [3.8, 4) is 11.8 Å². The molecule has 0 unspecified atom stereocenters. The van der Waals surface area contributed by atoms with Gasteiger partial charge in [-0.1, -0.05) is 13.8 Å². The minimum atomic E-state index is -0.427. The fourth-order valence-corrected chi connectivity index (χ4v) is 1.69. The quantitative estimate of drug-likeness (QED) is 0.439. The van der Waals surface area contributed by atoms with Gasteiger partial charge in [-0.15, -0.1) is 0 Å². The molecule has 0 saturated carbocycles. The summed E-state index contributed by atoms with van der Waals surface area (Å²) in [5.41, 5.74) is 0.675. The highest BCUT2D eigenvalue weighted by molar-refractivity contribution is 6.06. The molecule has 22 heavy (non-hydrogen) atoms. The summed E-state index contributed by atoms with van der Waals surface area (Å²) in [5.74, 6) is 0.889. The Labute approximate surface area is 132 Å². The standard InChI is InChI=1S/C17H23N3O2/c1-4-22-16-7-5-15(6-8-16)20-17(21)14(11-18)12-19-10-9-13(2)3/h5-8,12-13,19H,4,9-10H2,1-3H3,(H,20,21)/b14-12-. The molecule has 0 saturated heterocycles. The summed E-state index contributed by atoms with van der Waals surface area (Å²) in [6, 6.07) is 8.93. The minimum absolute atomic E-state index is 0.0534. The molecule has 5 nitrogen and oxygen atoms in total. The number of amides is 1. The van der Waals surface area contributed by atoms with Crippen molar-refractivity contribution in [2.45, 2.75) is 27.2 Å². The third-order valence-corrected chi connectivity index (χ3v) is 2.90. The van der Waals surface area contributed by atoms with E-state index in [2.05, 4.69) is 24.5 Å². The molecule has 0 heterocycles. The molecule has 0 fully saturated rings. The maximum absolute atomic E-state index is 12.0. The second-order valence-electron chi connectivity index (χ2n) is 5.22. The lowest BCUT2D eigenvalue weighted by Gasteiger charge is -2.07. The smallest absolute Gasteiger partial charge is 0.267 e. The highest BCUT2D eigenvalue weighted by Gasteiger charge is 2.09. The zero-order chi connectivity index (χ0) is 16.4. The Bertz CT molecular complexity index is 542. The number of rotatable bonds is 8. The van der Waals surface area contributed by atoms with E-state index in [0.29, 0.717) is 18.2 Å². The van der Waals surface area contributed by atoms with Crippen molar-refractivity contribution in [1.29, 1.82) is 5.26 Å². The Morgan fingerprint density at radius 1 is 1.36 bits per heavy atom. The Morgan fingerprint density at radius 2 is 2.05 bits per heavy atom. The van der Waals surface area contributed by atoms with Crippen LogP contribution in [0, 0.1) is 17.2 Å². The third-order valence-electron chi connectivity index (χ3n) is 2.90. The van der Waals surface area contributed by atoms with Crippen LogP contribution in [0.5, 0.6) is 5.75 Å². The van der Waals surface area contributed by atoms with Crippen LogP contribution in [0.15, 0.2) is 36.0 Å². The zero-order valence-corrected chi connectivity index (χ0v) is 13.3. The van der Waals surface area contributed by atoms with Gasteiger partial charge in [0, 0.05) is 18.4 Å². The Morgan fingerprint density at radius 3 is 2.59 bits per heavy atom. The first-order chi connectivity index (χ1) is 10.6. The van der Waals surface area contributed by atoms with Crippen molar-refractivity contribution in [2.24, 2.45) is 5.92 Å². The van der Waals surface area contributed by atoms with Crippen LogP contribution < -0.4 is 15.4 Å². The number of hydrogen-bond acceptors (Lipinski definition) is 4. The van der Waals surface area contributed by atoms with Crippen LogP contribution in [0.4, 0.5) is 5.69 Å². The van der Waals surface area contributed by atoms with Crippen molar-refractivity contribution in [2.75, 3.05) is 18.5 Å². The molecule has 118 valence electrons. The number of hydrogen-bond donors (Lipinski definition) is 2. The van der Waals surface area contributed by atoms with Gasteiger partial charge in [-0.3, -0.25) is 4.79 Å². The fraction of sp³-hybridized carbons (Fsp3) is 0.412. The molecule has 0 spiro atoms. The number of nitrogens with zero attached hydrogens (tertiary/aromatic N) is 1. The van der Waals surface area contributed by atoms with Crippen LogP contribution in [0.25, 0.3) is 0 Å². The minimum Gasteiger partial charge on any atom is -0.494 e. The van der Waals surface area contributed by atoms with Crippen molar-refractivity contribution < 1.29 is 9.53 Å². The van der Waals surface area contributed by atoms with Crippen LogP contribution in [-0.2, 0) is 4.79 Å². The van der Waals surface area contributed by atoms with Gasteiger partial charge < -0.3 is 15.4 Å². The Kier molecular flexibility index (Phi) is 7.55. The van der Waals surface area contributed by atoms with E-state index in [0.717, 1.165) is 18.7 Å². The normalized spacial score (nSPS) is 11.0. The molecule has 1 amide bonds. The van der Waals surface area contributed by atoms with Crippen molar-refractivity contribution in [1.82, 2.24) is 5.32 Å². The van der Waals surface area contributed by atoms with Crippen molar-refractivity contribution in [3.05, 3.63) is 36.0 Å². The Hall–Kier alpha value is -2.48. The molecule has 1 rings (SSSR count). The summed E-state index contributed by atoms with van der Waals surface area (Å²) in [6.45, 7) is 7.48. The highest BCUT2D eigenvalue weighted by atomic mass is 16.5. The van der Waals surface area contributed by atoms with Gasteiger partial charge in [0.05, 0.1) is 6.61 Å². The van der Waals surface area contributed by atoms with Gasteiger partial charge in [0.2, 0.25) is 0 Å². The van der Waals surface area contributed by atoms with Crippen LogP contribution in [-0.4, -0.2) is 19.1 Å². The summed E-state index contributed by atoms with van der Waals surface area (Å²) in [6.07, 6.45) is 2.45. The predicted molar refractivity (Wildman–Crippen MR) is 87.4 cm³/mol. The van der Waals surface area contributed by atoms with Crippen LogP contribution in [0.3, 0.4) is 0 Å². The molecule has 0 aliphatic carbocycles. The van der Waals surface area contributed by atoms with Gasteiger partial charge in [-0.2, -0.15) is 5.26 Å². The number of carbonyl (C=O) groups excluding carboxylic acids is 1. The zero-order valence-electron chi connectivity index (χ0n) is 13.3. The van der Waals surface area contributed by atoms with Gasteiger partial charge in [0.25, 0.3) is 5.91 Å². The van der Waals surface area contributed by atoms with Crippen molar-refractivity contribution in [3.63, 3.8) is 0 Å². The number of ether oxygens (including phenoxy) is 1. The maximum Gasteiger partial charge on any atom is 0.267 e. The first kappa shape index (κ1) is 17.6. The van der Waals surface area contributed by atoms with E-state index in [4.69, 9.17) is 10.00 Å². The molecule has 0 bridgehead atoms. The highest BCUT2D eigenvalue weighted by Crippen LogP contribution is 2.16. The monoisotopic (exact) mass is 301 g/mol. The average molecular weight is 301 g/mol. The molecule has 0 aliphatic heterocycles. The molecule has 0 aliphatic rings. The van der Waals surface area contributed by atoms with E-state index >= 15 is 0 Å². The summed E-state index contributed by atoms with van der Waals surface area (Å²) < 4.78 is 5.33. The predicted octanol–water partition coefficient (Wildman–Crippen LogP) is 3.07. The third kappa shape index (κ3) is 6.31. The average Bonchev–Trinajstić information content (AvgIpc) is 2.49. The van der Waals surface area contributed by atoms with Gasteiger partial charge >= 0.3 is 0 Å². The van der Waals surface area contributed by atoms with E-state index in [1.807, 2.05) is 13.0 Å². The second kappa shape index (κ2) is 9.46. The summed E-state index contributed by atoms with van der Waals surface area (Å²) in [4.78, 5) is 12.0. The molecule has 0 radical (unpaired) electrons. The molecule has 0 aromatic heterocycles. The van der Waals surface area contributed by atoms with Gasteiger partial charge in [-0.25, -0.2) is 0 Å². The topological polar surface area (TPSA) is 74.1 Å². The largest absolute Gasteiger partial charge is 0.494 e. The fourth-order valence-electron chi connectivity index (χ4n) is 1.69. The van der Waals surface area contributed by atoms with E-state index < -0.39 is 5.91 Å². The SMILES string of the molecule is CCOc1ccc(NC(=O)/C(C#N)=C\NCCC(C)C)cc1. The van der Waals surface area contributed by atoms with Crippen LogP contribution in [0.2, 0.25) is 0 Å². The van der Waals surface area contributed by atoms with Crippen LogP contribution in [0.1, 0.15) is 27.2 Å². The molecular weight excluding hydrogens is 278 g/mol. The van der Waals surface area contributed by atoms with E-state index in [-0.39, 0.29) is 5.57 Å². The van der Waals surface area contributed by atoms with Crippen LogP contribution >= 0.6 is 0 Å². The molecule has 0 atom stereocenters. The first-order valence-electron chi connectivity index (χ1n) is 7.44. The second-order valence-corrected chi connectivity index (χ2v) is 5.22. The first-order valence-corrected chi connectivity index (χ1v) is 7.44. The lowest BCUT2D eigenvalue weighted by molar-refractivity contribution is -0.112. The summed E-state index contributed by atoms with van der Waals surface area (Å²) >= 11 is 0. The lowest BCUT2D eigenvalue weighted by Crippen LogP contribution is -2.17. The van der Waals surface area contributed by atoms with Gasteiger partial charge in [0.15, 0.2) is 0 Å². The molecular formula is C17H23N3O2. The Balaban J connectivity index is 2.57. The van der Waals surface area contributed by atoms with E-state index in [1.54, 1.807) is 24.3 Å². The van der Waals surface area contributed by atoms with E-state index in [1.165, 1.54) is 6.20 Å². The molecule has 1 aromatic rings. The number of nitrogens with one attached hydrogen (secondary N) is 2. The lowest BCUT2D eigenvalue weighted by atomic mass is 10.1. The van der Waals surface area contributed by atoms with Gasteiger partial charge in [-0.05, 0) is 43.5 Å².